The van der Waals surface area contributed by atoms with E-state index in [9.17, 15) is 4.79 Å². The lowest BCUT2D eigenvalue weighted by molar-refractivity contribution is 0.102. The third kappa shape index (κ3) is 3.83. The van der Waals surface area contributed by atoms with Gasteiger partial charge >= 0.3 is 0 Å². The van der Waals surface area contributed by atoms with E-state index in [1.54, 1.807) is 0 Å². The monoisotopic (exact) mass is 410 g/mol. The summed E-state index contributed by atoms with van der Waals surface area (Å²) in [6.45, 7) is 7.00. The van der Waals surface area contributed by atoms with Gasteiger partial charge in [0.05, 0.1) is 23.0 Å². The Kier molecular flexibility index (Phi) is 4.81. The summed E-state index contributed by atoms with van der Waals surface area (Å²) in [5.74, 6) is 1.32. The van der Waals surface area contributed by atoms with E-state index < -0.39 is 0 Å². The van der Waals surface area contributed by atoms with Crippen LogP contribution in [0.2, 0.25) is 0 Å². The topological polar surface area (TPSA) is 59.8 Å². The Morgan fingerprint density at radius 1 is 1.06 bits per heavy atom. The number of pyridine rings is 1. The highest BCUT2D eigenvalue weighted by Crippen LogP contribution is 2.32. The Balaban J connectivity index is 1.57. The van der Waals surface area contributed by atoms with Gasteiger partial charge in [-0.3, -0.25) is 4.79 Å². The molecule has 0 saturated heterocycles. The quantitative estimate of drug-likeness (QED) is 0.460. The number of hydrogen-bond acceptors (Lipinski definition) is 3. The van der Waals surface area contributed by atoms with Crippen LogP contribution >= 0.6 is 0 Å². The molecule has 0 atom stereocenters. The maximum atomic E-state index is 13.5. The average Bonchev–Trinajstić information content (AvgIpc) is 3.51. The molecule has 0 unspecified atom stereocenters. The molecule has 1 aliphatic rings. The Bertz CT molecular complexity index is 1300. The van der Waals surface area contributed by atoms with Gasteiger partial charge in [-0.1, -0.05) is 42.0 Å². The van der Waals surface area contributed by atoms with Gasteiger partial charge in [0.1, 0.15) is 5.82 Å². The predicted octanol–water partition coefficient (Wildman–Crippen LogP) is 5.69. The first-order valence-electron chi connectivity index (χ1n) is 10.8. The van der Waals surface area contributed by atoms with Crippen LogP contribution in [0.4, 0.5) is 5.82 Å². The van der Waals surface area contributed by atoms with Gasteiger partial charge in [0, 0.05) is 23.1 Å². The largest absolute Gasteiger partial charge is 0.307 e. The maximum Gasteiger partial charge on any atom is 0.257 e. The van der Waals surface area contributed by atoms with Crippen molar-refractivity contribution in [1.29, 1.82) is 0 Å². The highest BCUT2D eigenvalue weighted by molar-refractivity contribution is 6.13. The molecule has 0 radical (unpaired) electrons. The molecular formula is C26H26N4O. The molecule has 5 nitrogen and oxygen atoms in total. The first-order chi connectivity index (χ1) is 15.0. The summed E-state index contributed by atoms with van der Waals surface area (Å²) in [6, 6.07) is 16.0. The molecule has 1 saturated carbocycles. The number of nitrogens with zero attached hydrogens (tertiary/aromatic N) is 3. The molecular weight excluding hydrogens is 384 g/mol. The van der Waals surface area contributed by atoms with Crippen molar-refractivity contribution in [2.75, 3.05) is 5.32 Å². The fraction of sp³-hybridized carbons (Fsp3) is 0.269. The molecule has 0 aliphatic heterocycles. The molecule has 1 aliphatic carbocycles. The zero-order valence-electron chi connectivity index (χ0n) is 18.1. The minimum absolute atomic E-state index is 0.134. The Hall–Kier alpha value is -3.47. The number of aryl methyl sites for hydroxylation is 3. The van der Waals surface area contributed by atoms with Crippen LogP contribution in [0.3, 0.4) is 0 Å². The molecule has 1 fully saturated rings. The molecule has 5 rings (SSSR count). The van der Waals surface area contributed by atoms with Crippen molar-refractivity contribution >= 4 is 22.6 Å². The van der Waals surface area contributed by atoms with Crippen molar-refractivity contribution < 1.29 is 4.79 Å². The predicted molar refractivity (Wildman–Crippen MR) is 124 cm³/mol. The van der Waals surface area contributed by atoms with E-state index in [-0.39, 0.29) is 5.91 Å². The Morgan fingerprint density at radius 2 is 1.87 bits per heavy atom. The van der Waals surface area contributed by atoms with Crippen molar-refractivity contribution in [3.8, 4) is 11.3 Å². The van der Waals surface area contributed by atoms with Gasteiger partial charge in [-0.15, -0.1) is 0 Å². The number of aromatic nitrogens is 3. The number of anilines is 1. The number of hydrogen-bond donors (Lipinski definition) is 1. The Morgan fingerprint density at radius 3 is 2.65 bits per heavy atom. The van der Waals surface area contributed by atoms with Crippen molar-refractivity contribution in [2.45, 2.75) is 40.2 Å². The van der Waals surface area contributed by atoms with Crippen molar-refractivity contribution in [3.05, 3.63) is 77.0 Å². The van der Waals surface area contributed by atoms with Crippen LogP contribution in [-0.2, 0) is 6.54 Å². The van der Waals surface area contributed by atoms with Gasteiger partial charge in [0.2, 0.25) is 0 Å². The number of rotatable bonds is 5. The van der Waals surface area contributed by atoms with Gasteiger partial charge in [-0.2, -0.15) is 5.10 Å². The molecule has 4 aromatic rings. The number of carbonyl (C=O) groups excluding carboxylic acids is 1. The van der Waals surface area contributed by atoms with E-state index in [0.29, 0.717) is 11.5 Å². The summed E-state index contributed by atoms with van der Waals surface area (Å²) in [5, 5.41) is 8.46. The van der Waals surface area contributed by atoms with Crippen LogP contribution in [0.1, 0.15) is 39.9 Å². The normalized spacial score (nSPS) is 13.5. The first kappa shape index (κ1) is 19.5. The minimum Gasteiger partial charge on any atom is -0.307 e. The van der Waals surface area contributed by atoms with E-state index in [4.69, 9.17) is 4.98 Å². The molecule has 0 spiro atoms. The summed E-state index contributed by atoms with van der Waals surface area (Å²) < 4.78 is 1.93. The molecule has 1 N–H and O–H groups in total. The van der Waals surface area contributed by atoms with Crippen LogP contribution in [0.15, 0.2) is 54.7 Å². The van der Waals surface area contributed by atoms with E-state index in [1.807, 2.05) is 48.1 Å². The third-order valence-electron chi connectivity index (χ3n) is 6.00. The van der Waals surface area contributed by atoms with Gasteiger partial charge in [0.25, 0.3) is 5.91 Å². The van der Waals surface area contributed by atoms with Crippen molar-refractivity contribution in [2.24, 2.45) is 5.92 Å². The molecule has 1 amide bonds. The lowest BCUT2D eigenvalue weighted by Gasteiger charge is -2.14. The summed E-state index contributed by atoms with van der Waals surface area (Å²) >= 11 is 0. The number of benzene rings is 2. The molecule has 5 heteroatoms. The third-order valence-corrected chi connectivity index (χ3v) is 6.00. The number of nitrogens with one attached hydrogen (secondary N) is 1. The summed E-state index contributed by atoms with van der Waals surface area (Å²) in [6.07, 6.45) is 4.30. The molecule has 2 aromatic carbocycles. The van der Waals surface area contributed by atoms with Gasteiger partial charge < -0.3 is 5.32 Å². The number of fused-ring (bicyclic) bond motifs is 1. The van der Waals surface area contributed by atoms with Crippen molar-refractivity contribution in [3.63, 3.8) is 0 Å². The zero-order chi connectivity index (χ0) is 21.5. The second-order valence-corrected chi connectivity index (χ2v) is 8.65. The fourth-order valence-electron chi connectivity index (χ4n) is 4.10. The molecule has 31 heavy (non-hydrogen) atoms. The first-order valence-corrected chi connectivity index (χ1v) is 10.8. The molecule has 2 aromatic heterocycles. The fourth-order valence-corrected chi connectivity index (χ4v) is 4.10. The van der Waals surface area contributed by atoms with Gasteiger partial charge in [-0.05, 0) is 57.2 Å². The highest BCUT2D eigenvalue weighted by atomic mass is 16.1. The summed E-state index contributed by atoms with van der Waals surface area (Å²) in [5.41, 5.74) is 6.62. The van der Waals surface area contributed by atoms with E-state index >= 15 is 0 Å². The molecule has 0 bridgehead atoms. The smallest absolute Gasteiger partial charge is 0.257 e. The van der Waals surface area contributed by atoms with Crippen LogP contribution in [0, 0.1) is 26.7 Å². The maximum absolute atomic E-state index is 13.5. The van der Waals surface area contributed by atoms with Crippen LogP contribution in [0.25, 0.3) is 22.2 Å². The highest BCUT2D eigenvalue weighted by Gasteiger charge is 2.24. The van der Waals surface area contributed by atoms with Crippen LogP contribution < -0.4 is 5.32 Å². The zero-order valence-corrected chi connectivity index (χ0v) is 18.1. The van der Waals surface area contributed by atoms with Crippen LogP contribution in [0.5, 0.6) is 0 Å². The second-order valence-electron chi connectivity index (χ2n) is 8.65. The second kappa shape index (κ2) is 7.65. The molecule has 156 valence electrons. The van der Waals surface area contributed by atoms with Gasteiger partial charge in [0.15, 0.2) is 0 Å². The average molecular weight is 411 g/mol. The standard InChI is InChI=1S/C26H26N4O/c1-16-8-11-20(17(2)12-16)24-13-22(21-6-4-5-7-23(21)28-24)26(31)29-25-18(3)14-27-30(25)15-19-9-10-19/h4-8,11-14,19H,9-10,15H2,1-3H3,(H,29,31). The lowest BCUT2D eigenvalue weighted by Crippen LogP contribution is -2.18. The number of para-hydroxylation sites is 1. The number of amides is 1. The SMILES string of the molecule is Cc1ccc(-c2cc(C(=O)Nc3c(C)cnn3CC3CC3)c3ccccc3n2)c(C)c1. The lowest BCUT2D eigenvalue weighted by atomic mass is 9.99. The van der Waals surface area contributed by atoms with Gasteiger partial charge in [-0.25, -0.2) is 9.67 Å². The Labute approximate surface area is 182 Å². The minimum atomic E-state index is -0.134. The van der Waals surface area contributed by atoms with Crippen molar-refractivity contribution in [1.82, 2.24) is 14.8 Å². The van der Waals surface area contributed by atoms with E-state index in [0.717, 1.165) is 45.6 Å². The van der Waals surface area contributed by atoms with Crippen LogP contribution in [-0.4, -0.2) is 20.7 Å². The molecule has 2 heterocycles. The summed E-state index contributed by atoms with van der Waals surface area (Å²) in [7, 11) is 0. The van der Waals surface area contributed by atoms with E-state index in [2.05, 4.69) is 42.5 Å². The van der Waals surface area contributed by atoms with E-state index in [1.165, 1.54) is 18.4 Å². The summed E-state index contributed by atoms with van der Waals surface area (Å²) in [4.78, 5) is 18.3. The number of carbonyl (C=O) groups is 1.